The minimum absolute atomic E-state index is 0.135. The summed E-state index contributed by atoms with van der Waals surface area (Å²) in [5.74, 6) is -0.135. The number of halogens is 2. The van der Waals surface area contributed by atoms with Gasteiger partial charge >= 0.3 is 0 Å². The van der Waals surface area contributed by atoms with Gasteiger partial charge in [0, 0.05) is 15.2 Å². The van der Waals surface area contributed by atoms with Crippen molar-refractivity contribution in [2.45, 2.75) is 0 Å². The Bertz CT molecular complexity index is 526. The molecule has 0 aliphatic carbocycles. The first kappa shape index (κ1) is 11.6. The van der Waals surface area contributed by atoms with E-state index in [1.165, 1.54) is 11.3 Å². The molecule has 0 unspecified atom stereocenters. The molecule has 0 bridgehead atoms. The van der Waals surface area contributed by atoms with E-state index >= 15 is 0 Å². The van der Waals surface area contributed by atoms with E-state index in [4.69, 9.17) is 11.6 Å². The molecule has 0 saturated carbocycles. The first-order valence-electron chi connectivity index (χ1n) is 4.47. The van der Waals surface area contributed by atoms with E-state index in [0.29, 0.717) is 15.6 Å². The Labute approximate surface area is 110 Å². The van der Waals surface area contributed by atoms with Crippen LogP contribution in [-0.4, -0.2) is 5.91 Å². The number of anilines is 1. The molecule has 1 amide bonds. The van der Waals surface area contributed by atoms with Crippen molar-refractivity contribution in [2.75, 3.05) is 5.32 Å². The summed E-state index contributed by atoms with van der Waals surface area (Å²) in [6, 6.07) is 8.91. The lowest BCUT2D eigenvalue weighted by molar-refractivity contribution is 0.103. The molecule has 1 N–H and O–H groups in total. The maximum atomic E-state index is 11.8. The van der Waals surface area contributed by atoms with Gasteiger partial charge in [0.05, 0.1) is 0 Å². The molecule has 0 aliphatic heterocycles. The third-order valence-corrected chi connectivity index (χ3v) is 3.98. The zero-order valence-corrected chi connectivity index (χ0v) is 11.2. The van der Waals surface area contributed by atoms with Crippen LogP contribution in [0.15, 0.2) is 40.2 Å². The van der Waals surface area contributed by atoms with Crippen molar-refractivity contribution in [1.29, 1.82) is 0 Å². The van der Waals surface area contributed by atoms with Crippen LogP contribution < -0.4 is 5.32 Å². The van der Waals surface area contributed by atoms with E-state index in [1.807, 2.05) is 11.4 Å². The van der Waals surface area contributed by atoms with Gasteiger partial charge in [-0.05, 0) is 45.6 Å². The summed E-state index contributed by atoms with van der Waals surface area (Å²) >= 11 is 10.5. The molecule has 1 heterocycles. The monoisotopic (exact) mass is 315 g/mol. The third kappa shape index (κ3) is 2.64. The molecule has 0 aliphatic rings. The highest BCUT2D eigenvalue weighted by molar-refractivity contribution is 9.10. The summed E-state index contributed by atoms with van der Waals surface area (Å²) in [7, 11) is 0. The van der Waals surface area contributed by atoms with Gasteiger partial charge in [0.2, 0.25) is 0 Å². The average molecular weight is 317 g/mol. The minimum Gasteiger partial charge on any atom is -0.321 e. The van der Waals surface area contributed by atoms with Crippen molar-refractivity contribution in [3.63, 3.8) is 0 Å². The average Bonchev–Trinajstić information content (AvgIpc) is 2.64. The molecule has 0 saturated heterocycles. The maximum absolute atomic E-state index is 11.8. The van der Waals surface area contributed by atoms with Crippen LogP contribution in [0.5, 0.6) is 0 Å². The van der Waals surface area contributed by atoms with Crippen molar-refractivity contribution < 1.29 is 4.79 Å². The molecular weight excluding hydrogens is 310 g/mol. The van der Waals surface area contributed by atoms with Gasteiger partial charge in [0.15, 0.2) is 0 Å². The van der Waals surface area contributed by atoms with Gasteiger partial charge in [0.1, 0.15) is 4.88 Å². The molecule has 16 heavy (non-hydrogen) atoms. The Morgan fingerprint density at radius 1 is 1.38 bits per heavy atom. The fourth-order valence-corrected chi connectivity index (χ4v) is 2.85. The molecule has 0 fully saturated rings. The quantitative estimate of drug-likeness (QED) is 0.873. The Hall–Kier alpha value is -0.840. The topological polar surface area (TPSA) is 29.1 Å². The van der Waals surface area contributed by atoms with Crippen LogP contribution in [0, 0.1) is 0 Å². The molecule has 2 aromatic rings. The normalized spacial score (nSPS) is 10.1. The summed E-state index contributed by atoms with van der Waals surface area (Å²) < 4.78 is 0.803. The Balaban J connectivity index is 2.17. The Morgan fingerprint density at radius 3 is 2.81 bits per heavy atom. The lowest BCUT2D eigenvalue weighted by Gasteiger charge is -2.04. The number of thiophene rings is 1. The molecule has 0 spiro atoms. The van der Waals surface area contributed by atoms with Crippen molar-refractivity contribution in [3.8, 4) is 0 Å². The highest BCUT2D eigenvalue weighted by Crippen LogP contribution is 2.24. The summed E-state index contributed by atoms with van der Waals surface area (Å²) in [5.41, 5.74) is 0.692. The van der Waals surface area contributed by atoms with Crippen molar-refractivity contribution in [2.24, 2.45) is 0 Å². The summed E-state index contributed by atoms with van der Waals surface area (Å²) in [4.78, 5) is 12.5. The van der Waals surface area contributed by atoms with Crippen LogP contribution in [0.1, 0.15) is 9.67 Å². The maximum Gasteiger partial charge on any atom is 0.266 e. The second-order valence-electron chi connectivity index (χ2n) is 3.06. The highest BCUT2D eigenvalue weighted by atomic mass is 79.9. The number of carbonyl (C=O) groups is 1. The molecular formula is C11H7BrClNOS. The predicted octanol–water partition coefficient (Wildman–Crippen LogP) is 4.42. The van der Waals surface area contributed by atoms with Crippen LogP contribution in [0.2, 0.25) is 5.02 Å². The highest BCUT2D eigenvalue weighted by Gasteiger charge is 2.11. The SMILES string of the molecule is O=C(Nc1cccc(Cl)c1)c1sccc1Br. The number of hydrogen-bond donors (Lipinski definition) is 1. The summed E-state index contributed by atoms with van der Waals surface area (Å²) in [6.45, 7) is 0. The van der Waals surface area contributed by atoms with E-state index < -0.39 is 0 Å². The van der Waals surface area contributed by atoms with Crippen molar-refractivity contribution >= 4 is 50.5 Å². The number of rotatable bonds is 2. The van der Waals surface area contributed by atoms with E-state index in [-0.39, 0.29) is 5.91 Å². The van der Waals surface area contributed by atoms with Gasteiger partial charge in [0.25, 0.3) is 5.91 Å². The van der Waals surface area contributed by atoms with Crippen LogP contribution in [0.4, 0.5) is 5.69 Å². The lowest BCUT2D eigenvalue weighted by atomic mass is 10.3. The summed E-state index contributed by atoms with van der Waals surface area (Å²) in [5, 5.41) is 5.24. The molecule has 2 rings (SSSR count). The number of nitrogens with one attached hydrogen (secondary N) is 1. The zero-order valence-electron chi connectivity index (χ0n) is 8.04. The van der Waals surface area contributed by atoms with Crippen LogP contribution in [-0.2, 0) is 0 Å². The number of amides is 1. The predicted molar refractivity (Wildman–Crippen MR) is 71.4 cm³/mol. The second-order valence-corrected chi connectivity index (χ2v) is 5.27. The van der Waals surface area contributed by atoms with E-state index in [9.17, 15) is 4.79 Å². The number of carbonyl (C=O) groups excluding carboxylic acids is 1. The largest absolute Gasteiger partial charge is 0.321 e. The molecule has 82 valence electrons. The molecule has 0 radical (unpaired) electrons. The van der Waals surface area contributed by atoms with E-state index in [1.54, 1.807) is 24.3 Å². The lowest BCUT2D eigenvalue weighted by Crippen LogP contribution is -2.10. The molecule has 0 atom stereocenters. The van der Waals surface area contributed by atoms with Crippen molar-refractivity contribution in [1.82, 2.24) is 0 Å². The number of benzene rings is 1. The van der Waals surface area contributed by atoms with Gasteiger partial charge < -0.3 is 5.32 Å². The molecule has 2 nitrogen and oxygen atoms in total. The van der Waals surface area contributed by atoms with Gasteiger partial charge in [-0.25, -0.2) is 0 Å². The van der Waals surface area contributed by atoms with Crippen LogP contribution >= 0.6 is 38.9 Å². The van der Waals surface area contributed by atoms with Gasteiger partial charge in [-0.2, -0.15) is 0 Å². The molecule has 1 aromatic heterocycles. The minimum atomic E-state index is -0.135. The van der Waals surface area contributed by atoms with E-state index in [0.717, 1.165) is 4.47 Å². The molecule has 5 heteroatoms. The second kappa shape index (κ2) is 4.99. The first-order valence-corrected chi connectivity index (χ1v) is 6.52. The fourth-order valence-electron chi connectivity index (χ4n) is 1.21. The Morgan fingerprint density at radius 2 is 2.19 bits per heavy atom. The van der Waals surface area contributed by atoms with E-state index in [2.05, 4.69) is 21.2 Å². The van der Waals surface area contributed by atoms with Gasteiger partial charge in [-0.3, -0.25) is 4.79 Å². The Kier molecular flexibility index (Phi) is 3.63. The molecule has 1 aromatic carbocycles. The number of hydrogen-bond acceptors (Lipinski definition) is 2. The third-order valence-electron chi connectivity index (χ3n) is 1.91. The summed E-state index contributed by atoms with van der Waals surface area (Å²) in [6.07, 6.45) is 0. The zero-order chi connectivity index (χ0) is 11.5. The standard InChI is InChI=1S/C11H7BrClNOS/c12-9-4-5-16-10(9)11(15)14-8-3-1-2-7(13)6-8/h1-6H,(H,14,15). The fraction of sp³-hybridized carbons (Fsp3) is 0. The first-order chi connectivity index (χ1) is 7.66. The van der Waals surface area contributed by atoms with Crippen LogP contribution in [0.3, 0.4) is 0 Å². The smallest absolute Gasteiger partial charge is 0.266 e. The van der Waals surface area contributed by atoms with Gasteiger partial charge in [-0.1, -0.05) is 17.7 Å². The van der Waals surface area contributed by atoms with Crippen LogP contribution in [0.25, 0.3) is 0 Å². The van der Waals surface area contributed by atoms with Crippen molar-refractivity contribution in [3.05, 3.63) is 50.1 Å². The van der Waals surface area contributed by atoms with Gasteiger partial charge in [-0.15, -0.1) is 11.3 Å².